The Morgan fingerprint density at radius 2 is 2.00 bits per heavy atom. The lowest BCUT2D eigenvalue weighted by Gasteiger charge is -2.15. The fraction of sp³-hybridized carbons (Fsp3) is 0.250. The van der Waals surface area contributed by atoms with Gasteiger partial charge in [0.1, 0.15) is 11.5 Å². The third-order valence-electron chi connectivity index (χ3n) is 3.06. The van der Waals surface area contributed by atoms with E-state index in [4.69, 9.17) is 11.6 Å². The van der Waals surface area contributed by atoms with Crippen molar-refractivity contribution in [3.05, 3.63) is 58.7 Å². The molecule has 110 valence electrons. The van der Waals surface area contributed by atoms with Gasteiger partial charge in [0, 0.05) is 11.6 Å². The minimum atomic E-state index is -0.220. The van der Waals surface area contributed by atoms with Gasteiger partial charge in [-0.1, -0.05) is 35.9 Å². The molecule has 0 bridgehead atoms. The molecule has 5 heteroatoms. The van der Waals surface area contributed by atoms with E-state index in [0.717, 1.165) is 12.1 Å². The minimum absolute atomic E-state index is 0.184. The van der Waals surface area contributed by atoms with Crippen LogP contribution in [0.25, 0.3) is 0 Å². The first-order chi connectivity index (χ1) is 10.1. The number of hydrogen-bond donors (Lipinski definition) is 2. The standard InChI is InChI=1S/C16H18ClN3O/c1-3-18-15-10-6-9-14(20-15)16(21)19-11(2)12-7-4-5-8-13(12)17/h4-11H,3H2,1-2H3,(H,18,20)(H,19,21). The van der Waals surface area contributed by atoms with E-state index in [1.165, 1.54) is 0 Å². The van der Waals surface area contributed by atoms with E-state index in [1.54, 1.807) is 12.1 Å². The molecule has 1 atom stereocenters. The van der Waals surface area contributed by atoms with Crippen LogP contribution in [0, 0.1) is 0 Å². The zero-order valence-corrected chi connectivity index (χ0v) is 12.8. The SMILES string of the molecule is CCNc1cccc(C(=O)NC(C)c2ccccc2Cl)n1. The molecular formula is C16H18ClN3O. The molecule has 2 rings (SSSR count). The van der Waals surface area contributed by atoms with E-state index in [1.807, 2.05) is 44.2 Å². The fourth-order valence-corrected chi connectivity index (χ4v) is 2.31. The normalized spacial score (nSPS) is 11.8. The van der Waals surface area contributed by atoms with Crippen LogP contribution < -0.4 is 10.6 Å². The van der Waals surface area contributed by atoms with Gasteiger partial charge in [0.05, 0.1) is 6.04 Å². The van der Waals surface area contributed by atoms with Crippen LogP contribution in [0.1, 0.15) is 35.9 Å². The summed E-state index contributed by atoms with van der Waals surface area (Å²) in [6, 6.07) is 12.6. The lowest BCUT2D eigenvalue weighted by molar-refractivity contribution is 0.0935. The quantitative estimate of drug-likeness (QED) is 0.886. The molecule has 1 aromatic carbocycles. The Morgan fingerprint density at radius 3 is 2.71 bits per heavy atom. The molecule has 1 amide bonds. The monoisotopic (exact) mass is 303 g/mol. The molecule has 0 radical (unpaired) electrons. The van der Waals surface area contributed by atoms with Crippen molar-refractivity contribution in [3.8, 4) is 0 Å². The second kappa shape index (κ2) is 7.09. The average Bonchev–Trinajstić information content (AvgIpc) is 2.48. The zero-order chi connectivity index (χ0) is 15.2. The molecule has 0 saturated heterocycles. The Balaban J connectivity index is 2.11. The number of halogens is 1. The van der Waals surface area contributed by atoms with Crippen LogP contribution >= 0.6 is 11.6 Å². The van der Waals surface area contributed by atoms with Crippen molar-refractivity contribution in [1.29, 1.82) is 0 Å². The minimum Gasteiger partial charge on any atom is -0.370 e. The number of nitrogens with one attached hydrogen (secondary N) is 2. The van der Waals surface area contributed by atoms with Crippen molar-refractivity contribution in [1.82, 2.24) is 10.3 Å². The molecule has 1 unspecified atom stereocenters. The second-order valence-corrected chi connectivity index (χ2v) is 5.06. The number of nitrogens with zero attached hydrogens (tertiary/aromatic N) is 1. The summed E-state index contributed by atoms with van der Waals surface area (Å²) in [5.74, 6) is 0.470. The summed E-state index contributed by atoms with van der Waals surface area (Å²) >= 11 is 6.14. The van der Waals surface area contributed by atoms with E-state index in [9.17, 15) is 4.79 Å². The molecule has 1 heterocycles. The predicted octanol–water partition coefficient (Wildman–Crippen LogP) is 3.66. The van der Waals surface area contributed by atoms with Crippen LogP contribution in [-0.2, 0) is 0 Å². The Bertz CT molecular complexity index is 630. The van der Waals surface area contributed by atoms with Gasteiger partial charge < -0.3 is 10.6 Å². The highest BCUT2D eigenvalue weighted by atomic mass is 35.5. The number of hydrogen-bond acceptors (Lipinski definition) is 3. The van der Waals surface area contributed by atoms with E-state index >= 15 is 0 Å². The summed E-state index contributed by atoms with van der Waals surface area (Å²) in [6.45, 7) is 4.63. The first-order valence-corrected chi connectivity index (χ1v) is 7.26. The summed E-state index contributed by atoms with van der Waals surface area (Å²) < 4.78 is 0. The van der Waals surface area contributed by atoms with Crippen LogP contribution in [-0.4, -0.2) is 17.4 Å². The number of carbonyl (C=O) groups excluding carboxylic acids is 1. The molecule has 21 heavy (non-hydrogen) atoms. The first kappa shape index (κ1) is 15.3. The number of anilines is 1. The maximum absolute atomic E-state index is 12.3. The molecule has 0 saturated carbocycles. The third-order valence-corrected chi connectivity index (χ3v) is 3.40. The number of rotatable bonds is 5. The third kappa shape index (κ3) is 3.95. The van der Waals surface area contributed by atoms with Gasteiger partial charge in [-0.25, -0.2) is 4.98 Å². The van der Waals surface area contributed by atoms with Crippen LogP contribution in [0.2, 0.25) is 5.02 Å². The van der Waals surface area contributed by atoms with E-state index in [0.29, 0.717) is 16.5 Å². The summed E-state index contributed by atoms with van der Waals surface area (Å²) in [7, 11) is 0. The molecule has 0 aliphatic rings. The molecule has 0 aliphatic heterocycles. The molecule has 4 nitrogen and oxygen atoms in total. The van der Waals surface area contributed by atoms with Gasteiger partial charge in [0.25, 0.3) is 5.91 Å². The van der Waals surface area contributed by atoms with Gasteiger partial charge >= 0.3 is 0 Å². The van der Waals surface area contributed by atoms with Crippen molar-refractivity contribution < 1.29 is 4.79 Å². The summed E-state index contributed by atoms with van der Waals surface area (Å²) in [6.07, 6.45) is 0. The molecule has 0 spiro atoms. The molecule has 2 aromatic rings. The maximum Gasteiger partial charge on any atom is 0.270 e. The molecular weight excluding hydrogens is 286 g/mol. The Kier molecular flexibility index (Phi) is 5.17. The Labute approximate surface area is 129 Å². The van der Waals surface area contributed by atoms with Gasteiger partial charge in [0.2, 0.25) is 0 Å². The van der Waals surface area contributed by atoms with Crippen molar-refractivity contribution in [2.75, 3.05) is 11.9 Å². The van der Waals surface area contributed by atoms with E-state index in [2.05, 4.69) is 15.6 Å². The summed E-state index contributed by atoms with van der Waals surface area (Å²) in [5, 5.41) is 6.63. The topological polar surface area (TPSA) is 54.0 Å². The van der Waals surface area contributed by atoms with Gasteiger partial charge in [-0.3, -0.25) is 4.79 Å². The first-order valence-electron chi connectivity index (χ1n) is 6.88. The highest BCUT2D eigenvalue weighted by Gasteiger charge is 2.14. The Morgan fingerprint density at radius 1 is 1.24 bits per heavy atom. The molecule has 2 N–H and O–H groups in total. The molecule has 0 fully saturated rings. The zero-order valence-electron chi connectivity index (χ0n) is 12.1. The number of benzene rings is 1. The second-order valence-electron chi connectivity index (χ2n) is 4.66. The lowest BCUT2D eigenvalue weighted by Crippen LogP contribution is -2.27. The number of aromatic nitrogens is 1. The Hall–Kier alpha value is -2.07. The highest BCUT2D eigenvalue weighted by molar-refractivity contribution is 6.31. The van der Waals surface area contributed by atoms with Crippen LogP contribution in [0.15, 0.2) is 42.5 Å². The molecule has 1 aromatic heterocycles. The number of pyridine rings is 1. The predicted molar refractivity (Wildman–Crippen MR) is 85.7 cm³/mol. The van der Waals surface area contributed by atoms with E-state index < -0.39 is 0 Å². The van der Waals surface area contributed by atoms with Gasteiger partial charge in [-0.2, -0.15) is 0 Å². The van der Waals surface area contributed by atoms with Gasteiger partial charge in [-0.05, 0) is 37.6 Å². The largest absolute Gasteiger partial charge is 0.370 e. The van der Waals surface area contributed by atoms with Crippen molar-refractivity contribution >= 4 is 23.3 Å². The van der Waals surface area contributed by atoms with Crippen molar-refractivity contribution in [2.24, 2.45) is 0 Å². The highest BCUT2D eigenvalue weighted by Crippen LogP contribution is 2.22. The van der Waals surface area contributed by atoms with E-state index in [-0.39, 0.29) is 11.9 Å². The van der Waals surface area contributed by atoms with Crippen LogP contribution in [0.3, 0.4) is 0 Å². The summed E-state index contributed by atoms with van der Waals surface area (Å²) in [4.78, 5) is 16.5. The van der Waals surface area contributed by atoms with Gasteiger partial charge in [0.15, 0.2) is 0 Å². The van der Waals surface area contributed by atoms with Gasteiger partial charge in [-0.15, -0.1) is 0 Å². The van der Waals surface area contributed by atoms with Crippen molar-refractivity contribution in [3.63, 3.8) is 0 Å². The van der Waals surface area contributed by atoms with Crippen LogP contribution in [0.4, 0.5) is 5.82 Å². The van der Waals surface area contributed by atoms with Crippen LogP contribution in [0.5, 0.6) is 0 Å². The fourth-order valence-electron chi connectivity index (χ4n) is 2.02. The lowest BCUT2D eigenvalue weighted by atomic mass is 10.1. The maximum atomic E-state index is 12.3. The smallest absolute Gasteiger partial charge is 0.270 e. The van der Waals surface area contributed by atoms with Crippen molar-refractivity contribution in [2.45, 2.75) is 19.9 Å². The average molecular weight is 304 g/mol. The number of carbonyl (C=O) groups is 1. The number of amides is 1. The molecule has 0 aliphatic carbocycles. The summed E-state index contributed by atoms with van der Waals surface area (Å²) in [5.41, 5.74) is 1.27.